The Bertz CT molecular complexity index is 180. The highest BCUT2D eigenvalue weighted by Gasteiger charge is 2.04. The summed E-state index contributed by atoms with van der Waals surface area (Å²) in [4.78, 5) is 26.4. The van der Waals surface area contributed by atoms with Gasteiger partial charge in [-0.2, -0.15) is 0 Å². The third-order valence-electron chi connectivity index (χ3n) is 1.23. The molecule has 11 heavy (non-hydrogen) atoms. The Morgan fingerprint density at radius 2 is 1.45 bits per heavy atom. The topological polar surface area (TPSA) is 58.9 Å². The predicted octanol–water partition coefficient (Wildman–Crippen LogP) is 0.825. The van der Waals surface area contributed by atoms with E-state index in [1.54, 1.807) is 13.8 Å². The molecule has 0 N–H and O–H groups in total. The molecule has 0 fully saturated rings. The van der Waals surface area contributed by atoms with Crippen LogP contribution >= 0.6 is 0 Å². The van der Waals surface area contributed by atoms with Crippen LogP contribution < -0.4 is 0 Å². The molecule has 0 radical (unpaired) electrons. The molecule has 0 aliphatic heterocycles. The molecule has 2 unspecified atom stereocenters. The molecule has 0 aromatic carbocycles. The second kappa shape index (κ2) is 5.54. The molecular weight excluding hydrogens is 144 g/mol. The number of nitrogens with zero attached hydrogens (tertiary/aromatic N) is 2. The summed E-state index contributed by atoms with van der Waals surface area (Å²) in [5, 5.41) is 0. The lowest BCUT2D eigenvalue weighted by Crippen LogP contribution is -2.07. The van der Waals surface area contributed by atoms with E-state index < -0.39 is 0 Å². The van der Waals surface area contributed by atoms with Crippen molar-refractivity contribution in [1.82, 2.24) is 0 Å². The van der Waals surface area contributed by atoms with Crippen molar-refractivity contribution >= 4 is 12.2 Å². The Balaban J connectivity index is 3.83. The summed E-state index contributed by atoms with van der Waals surface area (Å²) in [6.45, 7) is 3.53. The minimum Gasteiger partial charge on any atom is -0.211 e. The maximum atomic E-state index is 9.76. The lowest BCUT2D eigenvalue weighted by molar-refractivity contribution is 0.535. The Morgan fingerprint density at radius 3 is 1.73 bits per heavy atom. The fourth-order valence-corrected chi connectivity index (χ4v) is 0.779. The highest BCUT2D eigenvalue weighted by Crippen LogP contribution is 2.03. The van der Waals surface area contributed by atoms with Crippen molar-refractivity contribution < 1.29 is 9.59 Å². The maximum Gasteiger partial charge on any atom is 0.235 e. The minimum atomic E-state index is -0.125. The van der Waals surface area contributed by atoms with Gasteiger partial charge in [-0.25, -0.2) is 19.6 Å². The average Bonchev–Trinajstić information content (AvgIpc) is 1.87. The molecule has 0 saturated carbocycles. The summed E-state index contributed by atoms with van der Waals surface area (Å²) in [7, 11) is 0. The van der Waals surface area contributed by atoms with Crippen molar-refractivity contribution in [1.29, 1.82) is 0 Å². The van der Waals surface area contributed by atoms with Crippen LogP contribution in [0.4, 0.5) is 0 Å². The van der Waals surface area contributed by atoms with E-state index in [9.17, 15) is 9.59 Å². The minimum absolute atomic E-state index is 0.125. The second-order valence-corrected chi connectivity index (χ2v) is 2.37. The van der Waals surface area contributed by atoms with Gasteiger partial charge in [-0.15, -0.1) is 0 Å². The van der Waals surface area contributed by atoms with E-state index >= 15 is 0 Å². The third-order valence-corrected chi connectivity index (χ3v) is 1.23. The smallest absolute Gasteiger partial charge is 0.211 e. The van der Waals surface area contributed by atoms with Gasteiger partial charge >= 0.3 is 0 Å². The first-order valence-corrected chi connectivity index (χ1v) is 3.34. The zero-order valence-corrected chi connectivity index (χ0v) is 6.57. The molecule has 4 heteroatoms. The van der Waals surface area contributed by atoms with Gasteiger partial charge in [0.1, 0.15) is 0 Å². The molecule has 60 valence electrons. The molecule has 0 saturated heterocycles. The van der Waals surface area contributed by atoms with E-state index in [2.05, 4.69) is 9.98 Å². The molecule has 4 nitrogen and oxygen atoms in total. The zero-order valence-electron chi connectivity index (χ0n) is 6.57. The number of hydrogen-bond donors (Lipinski definition) is 0. The van der Waals surface area contributed by atoms with Crippen LogP contribution in [0.2, 0.25) is 0 Å². The summed E-state index contributed by atoms with van der Waals surface area (Å²) in [6, 6.07) is -0.251. The molecule has 0 aromatic heterocycles. The molecule has 0 amide bonds. The fraction of sp³-hybridized carbons (Fsp3) is 0.714. The van der Waals surface area contributed by atoms with Crippen molar-refractivity contribution in [3.05, 3.63) is 0 Å². The van der Waals surface area contributed by atoms with E-state index in [0.29, 0.717) is 6.42 Å². The Morgan fingerprint density at radius 1 is 1.09 bits per heavy atom. The van der Waals surface area contributed by atoms with E-state index in [4.69, 9.17) is 0 Å². The Hall–Kier alpha value is -1.24. The number of carbonyl (C=O) groups excluding carboxylic acids is 2. The quantitative estimate of drug-likeness (QED) is 0.444. The monoisotopic (exact) mass is 154 g/mol. The second-order valence-electron chi connectivity index (χ2n) is 2.37. The van der Waals surface area contributed by atoms with Crippen molar-refractivity contribution in [2.45, 2.75) is 32.4 Å². The van der Waals surface area contributed by atoms with E-state index in [1.807, 2.05) is 0 Å². The highest BCUT2D eigenvalue weighted by molar-refractivity contribution is 5.34. The summed E-state index contributed by atoms with van der Waals surface area (Å²) < 4.78 is 0. The summed E-state index contributed by atoms with van der Waals surface area (Å²) >= 11 is 0. The molecule has 0 heterocycles. The summed E-state index contributed by atoms with van der Waals surface area (Å²) in [5.74, 6) is 0. The SMILES string of the molecule is CC(CC(C)N=C=O)N=C=O. The van der Waals surface area contributed by atoms with Gasteiger partial charge in [0.25, 0.3) is 0 Å². The summed E-state index contributed by atoms with van der Waals surface area (Å²) in [5.41, 5.74) is 0. The van der Waals surface area contributed by atoms with Gasteiger partial charge in [-0.3, -0.25) is 0 Å². The van der Waals surface area contributed by atoms with Crippen molar-refractivity contribution in [3.63, 3.8) is 0 Å². The molecule has 2 atom stereocenters. The van der Waals surface area contributed by atoms with Crippen LogP contribution in [0.1, 0.15) is 20.3 Å². The fourth-order valence-electron chi connectivity index (χ4n) is 0.779. The standard InChI is InChI=1S/C7H10N2O2/c1-6(8-4-10)3-7(2)9-5-11/h6-7H,3H2,1-2H3. The van der Waals surface area contributed by atoms with Crippen molar-refractivity contribution in [2.24, 2.45) is 9.98 Å². The van der Waals surface area contributed by atoms with Crippen LogP contribution in [0.5, 0.6) is 0 Å². The number of hydrogen-bond acceptors (Lipinski definition) is 4. The lowest BCUT2D eigenvalue weighted by atomic mass is 10.1. The number of isocyanates is 2. The molecule has 0 aliphatic carbocycles. The average molecular weight is 154 g/mol. The normalized spacial score (nSPS) is 14.0. The number of rotatable bonds is 4. The first-order valence-electron chi connectivity index (χ1n) is 3.34. The molecule has 0 aliphatic rings. The maximum absolute atomic E-state index is 9.76. The van der Waals surface area contributed by atoms with Gasteiger partial charge in [0, 0.05) is 0 Å². The largest absolute Gasteiger partial charge is 0.235 e. The van der Waals surface area contributed by atoms with Gasteiger partial charge in [0.15, 0.2) is 0 Å². The zero-order chi connectivity index (χ0) is 8.69. The van der Waals surface area contributed by atoms with Gasteiger partial charge in [-0.1, -0.05) is 0 Å². The van der Waals surface area contributed by atoms with Crippen LogP contribution in [-0.2, 0) is 9.59 Å². The van der Waals surface area contributed by atoms with E-state index in [1.165, 1.54) is 12.2 Å². The van der Waals surface area contributed by atoms with Crippen LogP contribution in [0, 0.1) is 0 Å². The third kappa shape index (κ3) is 5.22. The molecule has 0 aromatic rings. The van der Waals surface area contributed by atoms with Gasteiger partial charge in [-0.05, 0) is 20.3 Å². The molecule has 0 spiro atoms. The Labute approximate surface area is 65.0 Å². The molecule has 0 rings (SSSR count). The van der Waals surface area contributed by atoms with E-state index in [0.717, 1.165) is 0 Å². The predicted molar refractivity (Wildman–Crippen MR) is 39.8 cm³/mol. The van der Waals surface area contributed by atoms with Gasteiger partial charge < -0.3 is 0 Å². The number of aliphatic imine (C=N–C) groups is 2. The molecule has 0 bridgehead atoms. The van der Waals surface area contributed by atoms with Gasteiger partial charge in [0.05, 0.1) is 12.1 Å². The lowest BCUT2D eigenvalue weighted by Gasteiger charge is -2.04. The highest BCUT2D eigenvalue weighted by atomic mass is 16.1. The van der Waals surface area contributed by atoms with Crippen molar-refractivity contribution in [3.8, 4) is 0 Å². The molecular formula is C7H10N2O2. The first-order chi connectivity index (χ1) is 5.20. The van der Waals surface area contributed by atoms with Crippen molar-refractivity contribution in [2.75, 3.05) is 0 Å². The van der Waals surface area contributed by atoms with Crippen LogP contribution in [0.3, 0.4) is 0 Å². The summed E-state index contributed by atoms with van der Waals surface area (Å²) in [6.07, 6.45) is 3.47. The van der Waals surface area contributed by atoms with Gasteiger partial charge in [0.2, 0.25) is 12.2 Å². The Kier molecular flexibility index (Phi) is 4.91. The van der Waals surface area contributed by atoms with Crippen LogP contribution in [-0.4, -0.2) is 24.2 Å². The van der Waals surface area contributed by atoms with Crippen LogP contribution in [0.15, 0.2) is 9.98 Å². The first kappa shape index (κ1) is 9.76. The van der Waals surface area contributed by atoms with Crippen LogP contribution in [0.25, 0.3) is 0 Å². The van der Waals surface area contributed by atoms with E-state index in [-0.39, 0.29) is 12.1 Å².